The fourth-order valence-electron chi connectivity index (χ4n) is 1.93. The molecule has 5 nitrogen and oxygen atoms in total. The van der Waals surface area contributed by atoms with E-state index in [0.29, 0.717) is 22.8 Å². The second kappa shape index (κ2) is 7.36. The number of carbonyl (C=O) groups excluding carboxylic acids is 1. The Morgan fingerprint density at radius 1 is 0.818 bits per heavy atom. The molecule has 0 aliphatic heterocycles. The predicted octanol–water partition coefficient (Wildman–Crippen LogP) is 2.97. The molecule has 0 aliphatic rings. The summed E-state index contributed by atoms with van der Waals surface area (Å²) in [5.74, 6) is 2.22. The number of ketones is 1. The number of Topliss-reactive ketones (excluding diaryl/α,β-unsaturated/α-hetero) is 1. The van der Waals surface area contributed by atoms with Crippen LogP contribution >= 0.6 is 0 Å². The highest BCUT2D eigenvalue weighted by Crippen LogP contribution is 2.25. The van der Waals surface area contributed by atoms with Gasteiger partial charge in [-0.1, -0.05) is 0 Å². The Bertz CT molecular complexity index is 634. The maximum absolute atomic E-state index is 12.3. The van der Waals surface area contributed by atoms with E-state index >= 15 is 0 Å². The zero-order valence-corrected chi connectivity index (χ0v) is 12.8. The van der Waals surface area contributed by atoms with E-state index in [1.165, 1.54) is 7.11 Å². The van der Waals surface area contributed by atoms with E-state index in [2.05, 4.69) is 0 Å². The Labute approximate surface area is 129 Å². The SMILES string of the molecule is COc1ccc(OCC(=O)c2cc(OC)ccc2OC)cc1. The number of methoxy groups -OCH3 is 3. The van der Waals surface area contributed by atoms with Gasteiger partial charge in [0.1, 0.15) is 23.0 Å². The third-order valence-corrected chi connectivity index (χ3v) is 3.14. The summed E-state index contributed by atoms with van der Waals surface area (Å²) in [6.07, 6.45) is 0. The van der Waals surface area contributed by atoms with E-state index in [4.69, 9.17) is 18.9 Å². The molecule has 0 fully saturated rings. The number of ether oxygens (including phenoxy) is 4. The fraction of sp³-hybridized carbons (Fsp3) is 0.235. The summed E-state index contributed by atoms with van der Waals surface area (Å²) < 4.78 is 20.9. The molecular weight excluding hydrogens is 284 g/mol. The van der Waals surface area contributed by atoms with Gasteiger partial charge in [0.15, 0.2) is 6.61 Å². The van der Waals surface area contributed by atoms with E-state index in [1.807, 2.05) is 0 Å². The smallest absolute Gasteiger partial charge is 0.204 e. The third-order valence-electron chi connectivity index (χ3n) is 3.14. The van der Waals surface area contributed by atoms with Gasteiger partial charge in [0.2, 0.25) is 5.78 Å². The van der Waals surface area contributed by atoms with Crippen LogP contribution in [0.3, 0.4) is 0 Å². The highest BCUT2D eigenvalue weighted by atomic mass is 16.5. The molecule has 2 rings (SSSR count). The van der Waals surface area contributed by atoms with E-state index in [9.17, 15) is 4.79 Å². The van der Waals surface area contributed by atoms with Crippen LogP contribution in [0.15, 0.2) is 42.5 Å². The largest absolute Gasteiger partial charge is 0.497 e. The van der Waals surface area contributed by atoms with Crippen LogP contribution in [-0.4, -0.2) is 33.7 Å². The minimum Gasteiger partial charge on any atom is -0.497 e. The summed E-state index contributed by atoms with van der Waals surface area (Å²) in [7, 11) is 4.65. The summed E-state index contributed by atoms with van der Waals surface area (Å²) in [6.45, 7) is -0.0874. The zero-order chi connectivity index (χ0) is 15.9. The fourth-order valence-corrected chi connectivity index (χ4v) is 1.93. The van der Waals surface area contributed by atoms with E-state index in [1.54, 1.807) is 56.7 Å². The van der Waals surface area contributed by atoms with Crippen molar-refractivity contribution in [2.45, 2.75) is 0 Å². The van der Waals surface area contributed by atoms with Crippen molar-refractivity contribution in [2.75, 3.05) is 27.9 Å². The lowest BCUT2D eigenvalue weighted by molar-refractivity contribution is 0.0918. The monoisotopic (exact) mass is 302 g/mol. The van der Waals surface area contributed by atoms with Crippen LogP contribution in [0.25, 0.3) is 0 Å². The van der Waals surface area contributed by atoms with E-state index in [-0.39, 0.29) is 12.4 Å². The highest BCUT2D eigenvalue weighted by molar-refractivity contribution is 6.00. The summed E-state index contributed by atoms with van der Waals surface area (Å²) in [4.78, 5) is 12.3. The minimum absolute atomic E-state index is 0.0874. The molecule has 116 valence electrons. The van der Waals surface area contributed by atoms with Gasteiger partial charge in [0.25, 0.3) is 0 Å². The van der Waals surface area contributed by atoms with Crippen molar-refractivity contribution in [3.05, 3.63) is 48.0 Å². The lowest BCUT2D eigenvalue weighted by Crippen LogP contribution is -2.13. The number of benzene rings is 2. The molecule has 2 aromatic carbocycles. The molecule has 0 radical (unpaired) electrons. The van der Waals surface area contributed by atoms with E-state index in [0.717, 1.165) is 5.75 Å². The Balaban J connectivity index is 2.08. The molecule has 0 saturated carbocycles. The standard InChI is InChI=1S/C17H18O5/c1-19-12-4-6-13(7-5-12)22-11-16(18)15-10-14(20-2)8-9-17(15)21-3/h4-10H,11H2,1-3H3. The highest BCUT2D eigenvalue weighted by Gasteiger charge is 2.14. The number of carbonyl (C=O) groups is 1. The molecule has 2 aromatic rings. The first-order valence-corrected chi connectivity index (χ1v) is 6.70. The molecular formula is C17H18O5. The summed E-state index contributed by atoms with van der Waals surface area (Å²) in [6, 6.07) is 12.1. The van der Waals surface area contributed by atoms with Crippen molar-refractivity contribution >= 4 is 5.78 Å². The first kappa shape index (κ1) is 15.7. The summed E-state index contributed by atoms with van der Waals surface area (Å²) in [5.41, 5.74) is 0.426. The molecule has 0 aromatic heterocycles. The van der Waals surface area contributed by atoms with Crippen LogP contribution in [-0.2, 0) is 0 Å². The van der Waals surface area contributed by atoms with Gasteiger partial charge in [-0.2, -0.15) is 0 Å². The van der Waals surface area contributed by atoms with Crippen LogP contribution in [0.4, 0.5) is 0 Å². The number of rotatable bonds is 7. The van der Waals surface area contributed by atoms with Crippen molar-refractivity contribution in [3.8, 4) is 23.0 Å². The predicted molar refractivity (Wildman–Crippen MR) is 82.4 cm³/mol. The first-order chi connectivity index (χ1) is 10.7. The van der Waals surface area contributed by atoms with Gasteiger partial charge in [-0.15, -0.1) is 0 Å². The van der Waals surface area contributed by atoms with Crippen LogP contribution in [0.2, 0.25) is 0 Å². The molecule has 0 unspecified atom stereocenters. The lowest BCUT2D eigenvalue weighted by Gasteiger charge is -2.11. The molecule has 0 heterocycles. The number of hydrogen-bond acceptors (Lipinski definition) is 5. The van der Waals surface area contributed by atoms with Gasteiger partial charge in [0.05, 0.1) is 26.9 Å². The molecule has 0 aliphatic carbocycles. The molecule has 0 bridgehead atoms. The van der Waals surface area contributed by atoms with Gasteiger partial charge in [0, 0.05) is 0 Å². The van der Waals surface area contributed by atoms with Crippen LogP contribution in [0.1, 0.15) is 10.4 Å². The van der Waals surface area contributed by atoms with Crippen molar-refractivity contribution in [1.29, 1.82) is 0 Å². The second-order valence-corrected chi connectivity index (χ2v) is 4.45. The minimum atomic E-state index is -0.188. The Kier molecular flexibility index (Phi) is 5.25. The van der Waals surface area contributed by atoms with Gasteiger partial charge >= 0.3 is 0 Å². The Hall–Kier alpha value is -2.69. The van der Waals surface area contributed by atoms with Crippen molar-refractivity contribution in [3.63, 3.8) is 0 Å². The lowest BCUT2D eigenvalue weighted by atomic mass is 10.1. The molecule has 0 N–H and O–H groups in total. The quantitative estimate of drug-likeness (QED) is 0.736. The van der Waals surface area contributed by atoms with Crippen molar-refractivity contribution < 1.29 is 23.7 Å². The van der Waals surface area contributed by atoms with Crippen LogP contribution < -0.4 is 18.9 Å². The maximum atomic E-state index is 12.3. The van der Waals surface area contributed by atoms with Crippen molar-refractivity contribution in [2.24, 2.45) is 0 Å². The maximum Gasteiger partial charge on any atom is 0.204 e. The molecule has 5 heteroatoms. The molecule has 0 saturated heterocycles. The van der Waals surface area contributed by atoms with Gasteiger partial charge in [-0.05, 0) is 42.5 Å². The topological polar surface area (TPSA) is 54.0 Å². The van der Waals surface area contributed by atoms with Gasteiger partial charge in [-0.25, -0.2) is 0 Å². The zero-order valence-electron chi connectivity index (χ0n) is 12.8. The van der Waals surface area contributed by atoms with Crippen LogP contribution in [0, 0.1) is 0 Å². The first-order valence-electron chi connectivity index (χ1n) is 6.70. The Morgan fingerprint density at radius 3 is 2.00 bits per heavy atom. The summed E-state index contributed by atoms with van der Waals surface area (Å²) in [5, 5.41) is 0. The average molecular weight is 302 g/mol. The number of hydrogen-bond donors (Lipinski definition) is 0. The third kappa shape index (κ3) is 3.69. The second-order valence-electron chi connectivity index (χ2n) is 4.45. The average Bonchev–Trinajstić information content (AvgIpc) is 2.59. The van der Waals surface area contributed by atoms with E-state index < -0.39 is 0 Å². The van der Waals surface area contributed by atoms with Gasteiger partial charge < -0.3 is 18.9 Å². The molecule has 0 atom stereocenters. The molecule has 0 amide bonds. The van der Waals surface area contributed by atoms with Crippen LogP contribution in [0.5, 0.6) is 23.0 Å². The van der Waals surface area contributed by atoms with Crippen molar-refractivity contribution in [1.82, 2.24) is 0 Å². The normalized spacial score (nSPS) is 9.95. The summed E-state index contributed by atoms with van der Waals surface area (Å²) >= 11 is 0. The Morgan fingerprint density at radius 2 is 1.41 bits per heavy atom. The molecule has 22 heavy (non-hydrogen) atoms. The van der Waals surface area contributed by atoms with Gasteiger partial charge in [-0.3, -0.25) is 4.79 Å². The molecule has 0 spiro atoms.